The highest BCUT2D eigenvalue weighted by molar-refractivity contribution is 5.52. The largest absolute Gasteiger partial charge is 0.507 e. The fourth-order valence-corrected chi connectivity index (χ4v) is 10.7. The fourth-order valence-electron chi connectivity index (χ4n) is 10.7. The monoisotopic (exact) mass is 1000 g/mol. The summed E-state index contributed by atoms with van der Waals surface area (Å²) in [7, 11) is 0. The van der Waals surface area contributed by atoms with E-state index in [1.165, 1.54) is 110 Å². The quantitative estimate of drug-likeness (QED) is 0.135. The van der Waals surface area contributed by atoms with E-state index in [0.29, 0.717) is 34.8 Å². The van der Waals surface area contributed by atoms with E-state index in [1.807, 2.05) is 0 Å². The normalized spacial score (nSPS) is 15.0. The minimum absolute atomic E-state index is 0.0186. The third kappa shape index (κ3) is 18.1. The van der Waals surface area contributed by atoms with Gasteiger partial charge in [0, 0.05) is 0 Å². The maximum absolute atomic E-state index is 10.6. The number of benzene rings is 4. The Bertz CT molecular complexity index is 2130. The first kappa shape index (κ1) is 63.4. The van der Waals surface area contributed by atoms with Crippen LogP contribution in [-0.4, -0.2) is 20.4 Å². The summed E-state index contributed by atoms with van der Waals surface area (Å²) in [5.41, 5.74) is 14.1. The summed E-state index contributed by atoms with van der Waals surface area (Å²) >= 11 is 0. The molecule has 4 heteroatoms. The van der Waals surface area contributed by atoms with E-state index in [0.717, 1.165) is 52.6 Å². The summed E-state index contributed by atoms with van der Waals surface area (Å²) < 4.78 is 0. The van der Waals surface area contributed by atoms with Crippen LogP contribution >= 0.6 is 0 Å². The van der Waals surface area contributed by atoms with Crippen molar-refractivity contribution in [3.8, 4) is 23.0 Å². The number of rotatable bonds is 9. The topological polar surface area (TPSA) is 80.9 Å². The van der Waals surface area contributed by atoms with Crippen molar-refractivity contribution in [3.05, 3.63) is 115 Å². The van der Waals surface area contributed by atoms with E-state index >= 15 is 0 Å². The Labute approximate surface area is 449 Å². The Kier molecular flexibility index (Phi) is 22.4. The Balaban J connectivity index is 0.000000257. The van der Waals surface area contributed by atoms with Crippen molar-refractivity contribution in [2.75, 3.05) is 0 Å². The lowest BCUT2D eigenvalue weighted by atomic mass is 9.78. The predicted molar refractivity (Wildman–Crippen MR) is 318 cm³/mol. The zero-order valence-electron chi connectivity index (χ0n) is 51.2. The first-order chi connectivity index (χ1) is 33.5. The molecule has 2 aliphatic carbocycles. The summed E-state index contributed by atoms with van der Waals surface area (Å²) in [6, 6.07) is 17.5. The molecule has 0 aliphatic heterocycles. The molecule has 0 unspecified atom stereocenters. The highest BCUT2D eigenvalue weighted by Crippen LogP contribution is 2.46. The van der Waals surface area contributed by atoms with Crippen molar-refractivity contribution in [2.45, 2.75) is 293 Å². The third-order valence-corrected chi connectivity index (χ3v) is 15.3. The minimum atomic E-state index is -0.0215. The Morgan fingerprint density at radius 2 is 0.589 bits per heavy atom. The second-order valence-corrected chi connectivity index (χ2v) is 28.4. The molecule has 4 N–H and O–H groups in total. The molecule has 0 amide bonds. The van der Waals surface area contributed by atoms with E-state index < -0.39 is 0 Å². The lowest BCUT2D eigenvalue weighted by Gasteiger charge is -2.28. The molecule has 0 atom stereocenters. The standard InChI is InChI=1S/2C18H30O.C17H24O.C16H26O/c2*1-8-9-10-13-11-14(17(2,3)4)16(19)15(12-13)18(5,6)7;1-12-10-15(13-6-2-3-7-13)17(18)16(11-12)14-8-4-5-9-14;1-8-11-9-12(15(2,3)4)14(17)13(10-11)16(5,6)7/h2*11-12,19H,8-10H2,1-7H3;10-11,13-14,18H,2-9H2,1H3;9-10,17H,8H2,1-7H3. The van der Waals surface area contributed by atoms with Crippen LogP contribution in [0.5, 0.6) is 23.0 Å². The van der Waals surface area contributed by atoms with Crippen LogP contribution in [0.15, 0.2) is 48.5 Å². The first-order valence-electron chi connectivity index (χ1n) is 28.9. The van der Waals surface area contributed by atoms with Crippen LogP contribution in [-0.2, 0) is 51.8 Å². The molecule has 73 heavy (non-hydrogen) atoms. The van der Waals surface area contributed by atoms with Gasteiger partial charge in [-0.2, -0.15) is 0 Å². The lowest BCUT2D eigenvalue weighted by Crippen LogP contribution is -2.18. The van der Waals surface area contributed by atoms with Crippen LogP contribution in [0.4, 0.5) is 0 Å². The van der Waals surface area contributed by atoms with Crippen LogP contribution < -0.4 is 0 Å². The van der Waals surface area contributed by atoms with Gasteiger partial charge in [0.05, 0.1) is 0 Å². The van der Waals surface area contributed by atoms with E-state index in [2.05, 4.69) is 201 Å². The molecule has 6 rings (SSSR count). The van der Waals surface area contributed by atoms with Gasteiger partial charge in [-0.15, -0.1) is 0 Å². The van der Waals surface area contributed by atoms with Crippen molar-refractivity contribution < 1.29 is 20.4 Å². The van der Waals surface area contributed by atoms with Gasteiger partial charge in [0.2, 0.25) is 0 Å². The summed E-state index contributed by atoms with van der Waals surface area (Å²) in [6.45, 7) is 47.6. The predicted octanol–water partition coefficient (Wildman–Crippen LogP) is 20.2. The van der Waals surface area contributed by atoms with Crippen molar-refractivity contribution in [2.24, 2.45) is 0 Å². The van der Waals surface area contributed by atoms with Crippen molar-refractivity contribution in [3.63, 3.8) is 0 Å². The number of hydrogen-bond donors (Lipinski definition) is 4. The molecule has 410 valence electrons. The van der Waals surface area contributed by atoms with E-state index in [9.17, 15) is 20.4 Å². The zero-order valence-corrected chi connectivity index (χ0v) is 51.2. The molecular weight excluding hydrogens is 893 g/mol. The number of hydrogen-bond acceptors (Lipinski definition) is 4. The lowest BCUT2D eigenvalue weighted by molar-refractivity contribution is 0.421. The van der Waals surface area contributed by atoms with E-state index in [-0.39, 0.29) is 32.5 Å². The summed E-state index contributed by atoms with van der Waals surface area (Å²) in [4.78, 5) is 0. The van der Waals surface area contributed by atoms with Gasteiger partial charge in [-0.3, -0.25) is 0 Å². The third-order valence-electron chi connectivity index (χ3n) is 15.3. The van der Waals surface area contributed by atoms with Gasteiger partial charge in [0.15, 0.2) is 0 Å². The number of phenolic OH excluding ortho intramolecular Hbond substituents is 4. The van der Waals surface area contributed by atoms with E-state index in [1.54, 1.807) is 0 Å². The van der Waals surface area contributed by atoms with Gasteiger partial charge in [-0.1, -0.05) is 238 Å². The van der Waals surface area contributed by atoms with Crippen LogP contribution in [0.2, 0.25) is 0 Å². The van der Waals surface area contributed by atoms with Gasteiger partial charge in [-0.25, -0.2) is 0 Å². The van der Waals surface area contributed by atoms with Gasteiger partial charge in [0.1, 0.15) is 23.0 Å². The molecule has 4 aromatic carbocycles. The maximum Gasteiger partial charge on any atom is 0.123 e. The molecular formula is C69H110O4. The SMILES string of the molecule is CCCCc1cc(C(C)(C)C)c(O)c(C(C)(C)C)c1.CCCCc1cc(C(C)(C)C)c(O)c(C(C)(C)C)c1.CCc1cc(C(C)(C)C)c(O)c(C(C)(C)C)c1.Cc1cc(C2CCCC2)c(O)c(C2CCCC2)c1. The molecule has 4 aromatic rings. The van der Waals surface area contributed by atoms with Crippen molar-refractivity contribution in [1.29, 1.82) is 0 Å². The number of unbranched alkanes of at least 4 members (excludes halogenated alkanes) is 2. The van der Waals surface area contributed by atoms with Gasteiger partial charge < -0.3 is 20.4 Å². The van der Waals surface area contributed by atoms with Crippen LogP contribution in [0.25, 0.3) is 0 Å². The maximum atomic E-state index is 10.6. The van der Waals surface area contributed by atoms with Crippen LogP contribution in [0.1, 0.15) is 301 Å². The molecule has 0 saturated heterocycles. The average Bonchev–Trinajstić information content (AvgIpc) is 4.01. The van der Waals surface area contributed by atoms with Crippen LogP contribution in [0, 0.1) is 6.92 Å². The minimum Gasteiger partial charge on any atom is -0.507 e. The molecule has 2 fully saturated rings. The number of aromatic hydroxyl groups is 4. The molecule has 0 heterocycles. The molecule has 0 bridgehead atoms. The highest BCUT2D eigenvalue weighted by atomic mass is 16.3. The average molecular weight is 1000 g/mol. The highest BCUT2D eigenvalue weighted by Gasteiger charge is 2.30. The molecule has 2 saturated carbocycles. The Morgan fingerprint density at radius 1 is 0.356 bits per heavy atom. The first-order valence-corrected chi connectivity index (χ1v) is 28.9. The second-order valence-electron chi connectivity index (χ2n) is 28.4. The van der Waals surface area contributed by atoms with Crippen molar-refractivity contribution in [1.82, 2.24) is 0 Å². The zero-order chi connectivity index (χ0) is 55.7. The Morgan fingerprint density at radius 3 is 0.795 bits per heavy atom. The van der Waals surface area contributed by atoms with E-state index in [4.69, 9.17) is 0 Å². The molecule has 2 aliphatic rings. The van der Waals surface area contributed by atoms with Crippen LogP contribution in [0.3, 0.4) is 0 Å². The second kappa shape index (κ2) is 25.7. The molecule has 0 spiro atoms. The van der Waals surface area contributed by atoms with Crippen molar-refractivity contribution >= 4 is 0 Å². The number of phenols is 4. The number of aryl methyl sites for hydroxylation is 4. The smallest absolute Gasteiger partial charge is 0.123 e. The molecule has 0 aromatic heterocycles. The summed E-state index contributed by atoms with van der Waals surface area (Å²) in [6.07, 6.45) is 18.4. The summed E-state index contributed by atoms with van der Waals surface area (Å²) in [5.74, 6) is 3.32. The van der Waals surface area contributed by atoms with Gasteiger partial charge in [-0.05, 0) is 170 Å². The van der Waals surface area contributed by atoms with Gasteiger partial charge in [0.25, 0.3) is 0 Å². The molecule has 0 radical (unpaired) electrons. The fraction of sp³-hybridized carbons (Fsp3) is 0.652. The van der Waals surface area contributed by atoms with Gasteiger partial charge >= 0.3 is 0 Å². The summed E-state index contributed by atoms with van der Waals surface area (Å²) in [5, 5.41) is 42.3. The Hall–Kier alpha value is -3.92. The molecule has 4 nitrogen and oxygen atoms in total.